The van der Waals surface area contributed by atoms with E-state index in [-0.39, 0.29) is 0 Å². The molecule has 112 valence electrons. The van der Waals surface area contributed by atoms with Gasteiger partial charge in [0.1, 0.15) is 0 Å². The van der Waals surface area contributed by atoms with E-state index in [1.54, 1.807) is 0 Å². The van der Waals surface area contributed by atoms with Crippen molar-refractivity contribution in [2.24, 2.45) is 5.73 Å². The van der Waals surface area contributed by atoms with E-state index in [9.17, 15) is 0 Å². The molecule has 19 heavy (non-hydrogen) atoms. The molecule has 1 unspecified atom stereocenters. The molecule has 4 nitrogen and oxygen atoms in total. The zero-order valence-corrected chi connectivity index (χ0v) is 12.4. The Morgan fingerprint density at radius 1 is 0.947 bits per heavy atom. The van der Waals surface area contributed by atoms with Crippen LogP contribution in [0, 0.1) is 0 Å². The van der Waals surface area contributed by atoms with Gasteiger partial charge in [0.25, 0.3) is 0 Å². The van der Waals surface area contributed by atoms with Crippen molar-refractivity contribution in [3.63, 3.8) is 0 Å². The van der Waals surface area contributed by atoms with E-state index in [4.69, 9.17) is 10.5 Å². The van der Waals surface area contributed by atoms with Gasteiger partial charge in [0.05, 0.1) is 6.10 Å². The molecule has 0 radical (unpaired) electrons. The lowest BCUT2D eigenvalue weighted by molar-refractivity contribution is -0.0141. The predicted molar refractivity (Wildman–Crippen MR) is 79.4 cm³/mol. The lowest BCUT2D eigenvalue weighted by atomic mass is 10.1. The summed E-state index contributed by atoms with van der Waals surface area (Å²) in [4.78, 5) is 5.20. The fourth-order valence-corrected chi connectivity index (χ4v) is 3.09. The summed E-state index contributed by atoms with van der Waals surface area (Å²) in [6, 6.07) is 0. The highest BCUT2D eigenvalue weighted by Gasteiger charge is 2.21. The molecule has 0 aromatic rings. The molecule has 0 amide bonds. The summed E-state index contributed by atoms with van der Waals surface area (Å²) in [5.74, 6) is 0. The van der Waals surface area contributed by atoms with E-state index in [1.807, 2.05) is 0 Å². The average Bonchev–Trinajstić information content (AvgIpc) is 2.46. The van der Waals surface area contributed by atoms with Crippen molar-refractivity contribution in [2.75, 3.05) is 52.4 Å². The first kappa shape index (κ1) is 15.2. The molecular weight excluding hydrogens is 238 g/mol. The molecule has 0 aromatic heterocycles. The van der Waals surface area contributed by atoms with Crippen LogP contribution in [0.25, 0.3) is 0 Å². The first-order valence-electron chi connectivity index (χ1n) is 8.15. The molecular formula is C15H31N3O. The normalized spacial score (nSPS) is 26.7. The second-order valence-corrected chi connectivity index (χ2v) is 5.98. The molecule has 2 aliphatic rings. The van der Waals surface area contributed by atoms with E-state index in [0.717, 1.165) is 19.7 Å². The second kappa shape index (κ2) is 8.90. The predicted octanol–water partition coefficient (Wildman–Crippen LogP) is 1.30. The number of ether oxygens (including phenoxy) is 1. The van der Waals surface area contributed by atoms with Gasteiger partial charge in [0.2, 0.25) is 0 Å². The summed E-state index contributed by atoms with van der Waals surface area (Å²) in [5, 5.41) is 0. The summed E-state index contributed by atoms with van der Waals surface area (Å²) in [7, 11) is 0. The van der Waals surface area contributed by atoms with Crippen LogP contribution in [-0.4, -0.2) is 68.3 Å². The van der Waals surface area contributed by atoms with Gasteiger partial charge in [-0.1, -0.05) is 6.42 Å². The van der Waals surface area contributed by atoms with Crippen LogP contribution in [0.15, 0.2) is 0 Å². The number of nitrogens with zero attached hydrogens (tertiary/aromatic N) is 2. The maximum Gasteiger partial charge on any atom is 0.0702 e. The summed E-state index contributed by atoms with van der Waals surface area (Å²) >= 11 is 0. The minimum absolute atomic E-state index is 0.504. The third kappa shape index (κ3) is 5.78. The lowest BCUT2D eigenvalue weighted by Gasteiger charge is -2.37. The fraction of sp³-hybridized carbons (Fsp3) is 1.00. The minimum atomic E-state index is 0.504. The van der Waals surface area contributed by atoms with Crippen LogP contribution in [0.2, 0.25) is 0 Å². The van der Waals surface area contributed by atoms with Gasteiger partial charge in [0.15, 0.2) is 0 Å². The molecule has 2 N–H and O–H groups in total. The Morgan fingerprint density at radius 2 is 1.74 bits per heavy atom. The van der Waals surface area contributed by atoms with Crippen molar-refractivity contribution in [3.05, 3.63) is 0 Å². The Bertz CT molecular complexity index is 223. The molecule has 0 spiro atoms. The molecule has 0 aromatic carbocycles. The third-order valence-electron chi connectivity index (χ3n) is 4.38. The molecule has 0 bridgehead atoms. The molecule has 0 saturated carbocycles. The molecule has 2 saturated heterocycles. The van der Waals surface area contributed by atoms with Crippen LogP contribution in [0.4, 0.5) is 0 Å². The van der Waals surface area contributed by atoms with E-state index < -0.39 is 0 Å². The Labute approximate surface area is 118 Å². The van der Waals surface area contributed by atoms with Crippen molar-refractivity contribution < 1.29 is 4.74 Å². The van der Waals surface area contributed by atoms with Crippen LogP contribution in [0.1, 0.15) is 38.5 Å². The molecule has 1 atom stereocenters. The molecule has 4 heteroatoms. The van der Waals surface area contributed by atoms with Crippen molar-refractivity contribution in [2.45, 2.75) is 44.6 Å². The first-order chi connectivity index (χ1) is 9.38. The third-order valence-corrected chi connectivity index (χ3v) is 4.38. The number of hydrogen-bond donors (Lipinski definition) is 1. The minimum Gasteiger partial charge on any atom is -0.377 e. The number of rotatable bonds is 7. The highest BCUT2D eigenvalue weighted by Crippen LogP contribution is 2.15. The maximum absolute atomic E-state index is 5.83. The zero-order chi connectivity index (χ0) is 13.3. The Morgan fingerprint density at radius 3 is 2.42 bits per heavy atom. The maximum atomic E-state index is 5.83. The van der Waals surface area contributed by atoms with E-state index in [0.29, 0.717) is 6.10 Å². The van der Waals surface area contributed by atoms with E-state index in [1.165, 1.54) is 71.2 Å². The van der Waals surface area contributed by atoms with Gasteiger partial charge >= 0.3 is 0 Å². The van der Waals surface area contributed by atoms with Crippen LogP contribution < -0.4 is 5.73 Å². The van der Waals surface area contributed by atoms with Crippen LogP contribution in [0.5, 0.6) is 0 Å². The van der Waals surface area contributed by atoms with Crippen molar-refractivity contribution in [3.8, 4) is 0 Å². The number of hydrogen-bond acceptors (Lipinski definition) is 4. The Hall–Kier alpha value is -0.160. The van der Waals surface area contributed by atoms with Gasteiger partial charge < -0.3 is 15.4 Å². The zero-order valence-electron chi connectivity index (χ0n) is 12.4. The number of unbranched alkanes of at least 4 members (excludes halogenated alkanes) is 2. The van der Waals surface area contributed by atoms with Gasteiger partial charge in [-0.3, -0.25) is 4.90 Å². The summed E-state index contributed by atoms with van der Waals surface area (Å²) in [5.41, 5.74) is 5.52. The number of nitrogens with two attached hydrogens (primary N) is 1. The van der Waals surface area contributed by atoms with Crippen molar-refractivity contribution in [1.82, 2.24) is 9.80 Å². The van der Waals surface area contributed by atoms with Gasteiger partial charge in [-0.15, -0.1) is 0 Å². The Balaban J connectivity index is 1.54. The smallest absolute Gasteiger partial charge is 0.0702 e. The quantitative estimate of drug-likeness (QED) is 0.708. The van der Waals surface area contributed by atoms with E-state index in [2.05, 4.69) is 9.80 Å². The molecule has 2 aliphatic heterocycles. The molecule has 2 fully saturated rings. The standard InChI is InChI=1S/C15H31N3O/c16-7-3-1-4-8-17-9-11-18(12-10-17)14-15-6-2-5-13-19-15/h15H,1-14,16H2. The monoisotopic (exact) mass is 269 g/mol. The van der Waals surface area contributed by atoms with Crippen molar-refractivity contribution in [1.29, 1.82) is 0 Å². The van der Waals surface area contributed by atoms with Gasteiger partial charge in [-0.05, 0) is 45.2 Å². The molecule has 2 heterocycles. The van der Waals surface area contributed by atoms with Gasteiger partial charge in [0, 0.05) is 39.3 Å². The molecule has 0 aliphatic carbocycles. The van der Waals surface area contributed by atoms with Crippen LogP contribution in [-0.2, 0) is 4.74 Å². The highest BCUT2D eigenvalue weighted by molar-refractivity contribution is 4.76. The second-order valence-electron chi connectivity index (χ2n) is 5.98. The topological polar surface area (TPSA) is 41.7 Å². The average molecular weight is 269 g/mol. The largest absolute Gasteiger partial charge is 0.377 e. The van der Waals surface area contributed by atoms with Crippen LogP contribution >= 0.6 is 0 Å². The highest BCUT2D eigenvalue weighted by atomic mass is 16.5. The first-order valence-corrected chi connectivity index (χ1v) is 8.15. The molecule has 2 rings (SSSR count). The summed E-state index contributed by atoms with van der Waals surface area (Å²) in [6.45, 7) is 9.13. The van der Waals surface area contributed by atoms with Gasteiger partial charge in [-0.2, -0.15) is 0 Å². The SMILES string of the molecule is NCCCCCN1CCN(CC2CCCCO2)CC1. The van der Waals surface area contributed by atoms with E-state index >= 15 is 0 Å². The van der Waals surface area contributed by atoms with Crippen LogP contribution in [0.3, 0.4) is 0 Å². The number of piperazine rings is 1. The van der Waals surface area contributed by atoms with Crippen molar-refractivity contribution >= 4 is 0 Å². The fourth-order valence-electron chi connectivity index (χ4n) is 3.09. The Kier molecular flexibility index (Phi) is 7.14. The summed E-state index contributed by atoms with van der Waals surface area (Å²) < 4.78 is 5.83. The van der Waals surface area contributed by atoms with Gasteiger partial charge in [-0.25, -0.2) is 0 Å². The summed E-state index contributed by atoms with van der Waals surface area (Å²) in [6.07, 6.45) is 8.15. The lowest BCUT2D eigenvalue weighted by Crippen LogP contribution is -2.49.